The monoisotopic (exact) mass is 190 g/mol. The van der Waals surface area contributed by atoms with E-state index in [9.17, 15) is 15.0 Å². The van der Waals surface area contributed by atoms with Gasteiger partial charge in [0.05, 0.1) is 12.7 Å². The fourth-order valence-electron chi connectivity index (χ4n) is 1.37. The van der Waals surface area contributed by atoms with E-state index >= 15 is 0 Å². The Morgan fingerprint density at radius 2 is 2.15 bits per heavy atom. The molecule has 5 heteroatoms. The molecule has 4 atom stereocenters. The van der Waals surface area contributed by atoms with Crippen LogP contribution in [0.3, 0.4) is 0 Å². The van der Waals surface area contributed by atoms with Crippen LogP contribution in [0.15, 0.2) is 0 Å². The van der Waals surface area contributed by atoms with Gasteiger partial charge in [0.2, 0.25) is 0 Å². The van der Waals surface area contributed by atoms with Crippen LogP contribution in [0.25, 0.3) is 0 Å². The Hall–Kier alpha value is -0.490. The quantitative estimate of drug-likeness (QED) is 0.490. The maximum Gasteiger partial charge on any atom is 0.158 e. The summed E-state index contributed by atoms with van der Waals surface area (Å²) in [6, 6.07) is 0. The second kappa shape index (κ2) is 4.15. The van der Waals surface area contributed by atoms with Crippen LogP contribution in [0.1, 0.15) is 13.3 Å². The summed E-state index contributed by atoms with van der Waals surface area (Å²) >= 11 is 0. The van der Waals surface area contributed by atoms with E-state index in [4.69, 9.17) is 9.84 Å². The van der Waals surface area contributed by atoms with Gasteiger partial charge in [-0.1, -0.05) is 0 Å². The van der Waals surface area contributed by atoms with E-state index in [-0.39, 0.29) is 12.2 Å². The molecule has 0 aromatic rings. The molecule has 1 aliphatic rings. The number of carbonyl (C=O) groups excluding carboxylic acids is 1. The molecule has 0 aromatic carbocycles. The lowest BCUT2D eigenvalue weighted by Crippen LogP contribution is -2.51. The number of hydrogen-bond donors (Lipinski definition) is 3. The van der Waals surface area contributed by atoms with Crippen molar-refractivity contribution in [3.8, 4) is 0 Å². The minimum absolute atomic E-state index is 0.0903. The van der Waals surface area contributed by atoms with Crippen molar-refractivity contribution in [2.75, 3.05) is 6.61 Å². The molecule has 3 N–H and O–H groups in total. The molecular weight excluding hydrogens is 176 g/mol. The number of carbonyl (C=O) groups is 1. The molecule has 0 saturated carbocycles. The summed E-state index contributed by atoms with van der Waals surface area (Å²) in [7, 11) is 0. The third-order valence-corrected chi connectivity index (χ3v) is 2.20. The third kappa shape index (κ3) is 2.25. The summed E-state index contributed by atoms with van der Waals surface area (Å²) < 4.78 is 5.07. The van der Waals surface area contributed by atoms with Gasteiger partial charge < -0.3 is 20.1 Å². The zero-order valence-electron chi connectivity index (χ0n) is 7.38. The van der Waals surface area contributed by atoms with Crippen LogP contribution in [0.5, 0.6) is 0 Å². The minimum atomic E-state index is -1.11. The highest BCUT2D eigenvalue weighted by atomic mass is 16.5. The average Bonchev–Trinajstić information content (AvgIpc) is 2.09. The largest absolute Gasteiger partial charge is 0.394 e. The number of hydrogen-bond acceptors (Lipinski definition) is 5. The lowest BCUT2D eigenvalue weighted by atomic mass is 9.96. The molecule has 1 heterocycles. The Kier molecular flexibility index (Phi) is 3.38. The lowest BCUT2D eigenvalue weighted by Gasteiger charge is -2.35. The van der Waals surface area contributed by atoms with Crippen LogP contribution < -0.4 is 0 Å². The number of aliphatic hydroxyl groups excluding tert-OH is 3. The van der Waals surface area contributed by atoms with E-state index in [1.54, 1.807) is 0 Å². The van der Waals surface area contributed by atoms with E-state index in [1.165, 1.54) is 6.92 Å². The van der Waals surface area contributed by atoms with Crippen LogP contribution in [0.2, 0.25) is 0 Å². The maximum absolute atomic E-state index is 10.9. The molecule has 1 aliphatic heterocycles. The summed E-state index contributed by atoms with van der Waals surface area (Å²) in [6.45, 7) is 0.950. The van der Waals surface area contributed by atoms with Gasteiger partial charge >= 0.3 is 0 Å². The predicted molar refractivity (Wildman–Crippen MR) is 43.1 cm³/mol. The van der Waals surface area contributed by atoms with Gasteiger partial charge in [0.25, 0.3) is 0 Å². The van der Waals surface area contributed by atoms with Gasteiger partial charge in [-0.15, -0.1) is 0 Å². The van der Waals surface area contributed by atoms with Crippen molar-refractivity contribution in [1.82, 2.24) is 0 Å². The minimum Gasteiger partial charge on any atom is -0.394 e. The summed E-state index contributed by atoms with van der Waals surface area (Å²) in [5.74, 6) is -0.204. The SMILES string of the molecule is CC(=O)C1C[C@@H](O)[C@H](O)[C@@H](CO)O1. The second-order valence-corrected chi connectivity index (χ2v) is 3.25. The highest BCUT2D eigenvalue weighted by Gasteiger charge is 2.37. The van der Waals surface area contributed by atoms with Gasteiger partial charge in [-0.2, -0.15) is 0 Å². The fourth-order valence-corrected chi connectivity index (χ4v) is 1.37. The van der Waals surface area contributed by atoms with Gasteiger partial charge in [-0.05, 0) is 6.92 Å². The van der Waals surface area contributed by atoms with E-state index in [1.807, 2.05) is 0 Å². The van der Waals surface area contributed by atoms with Crippen molar-refractivity contribution >= 4 is 5.78 Å². The first kappa shape index (κ1) is 10.6. The van der Waals surface area contributed by atoms with Gasteiger partial charge in [0, 0.05) is 6.42 Å². The number of ketones is 1. The van der Waals surface area contributed by atoms with Crippen molar-refractivity contribution in [1.29, 1.82) is 0 Å². The number of Topliss-reactive ketones (excluding diaryl/α,β-unsaturated/α-hetero) is 1. The number of aliphatic hydroxyl groups is 3. The number of ether oxygens (including phenoxy) is 1. The molecular formula is C8H14O5. The van der Waals surface area contributed by atoms with E-state index < -0.39 is 31.0 Å². The first-order valence-corrected chi connectivity index (χ1v) is 4.19. The third-order valence-electron chi connectivity index (χ3n) is 2.20. The zero-order valence-corrected chi connectivity index (χ0v) is 7.38. The van der Waals surface area contributed by atoms with Gasteiger partial charge in [0.15, 0.2) is 5.78 Å². The Labute approximate surface area is 75.9 Å². The molecule has 1 saturated heterocycles. The first-order chi connectivity index (χ1) is 6.06. The number of rotatable bonds is 2. The molecule has 1 rings (SSSR count). The van der Waals surface area contributed by atoms with Crippen molar-refractivity contribution in [3.63, 3.8) is 0 Å². The molecule has 0 radical (unpaired) electrons. The van der Waals surface area contributed by atoms with E-state index in [0.717, 1.165) is 0 Å². The Morgan fingerprint density at radius 3 is 2.62 bits per heavy atom. The average molecular weight is 190 g/mol. The smallest absolute Gasteiger partial charge is 0.158 e. The normalized spacial score (nSPS) is 40.3. The topological polar surface area (TPSA) is 87.0 Å². The zero-order chi connectivity index (χ0) is 10.0. The highest BCUT2D eigenvalue weighted by Crippen LogP contribution is 2.20. The molecule has 5 nitrogen and oxygen atoms in total. The standard InChI is InChI=1S/C8H14O5/c1-4(10)6-2-5(11)8(12)7(3-9)13-6/h5-9,11-12H,2-3H2,1H3/t5-,6?,7-,8+/m1/s1. The van der Waals surface area contributed by atoms with Gasteiger partial charge in [0.1, 0.15) is 18.3 Å². The summed E-state index contributed by atoms with van der Waals surface area (Å²) in [5.41, 5.74) is 0. The highest BCUT2D eigenvalue weighted by molar-refractivity contribution is 5.80. The van der Waals surface area contributed by atoms with Crippen molar-refractivity contribution in [2.24, 2.45) is 0 Å². The van der Waals surface area contributed by atoms with Crippen LogP contribution in [-0.2, 0) is 9.53 Å². The van der Waals surface area contributed by atoms with E-state index in [0.29, 0.717) is 0 Å². The van der Waals surface area contributed by atoms with Gasteiger partial charge in [-0.25, -0.2) is 0 Å². The molecule has 13 heavy (non-hydrogen) atoms. The van der Waals surface area contributed by atoms with Crippen LogP contribution >= 0.6 is 0 Å². The van der Waals surface area contributed by atoms with Crippen molar-refractivity contribution < 1.29 is 24.9 Å². The second-order valence-electron chi connectivity index (χ2n) is 3.25. The van der Waals surface area contributed by atoms with Crippen molar-refractivity contribution in [3.05, 3.63) is 0 Å². The molecule has 1 unspecified atom stereocenters. The summed E-state index contributed by atoms with van der Waals surface area (Å²) in [6.07, 6.45) is -3.60. The Balaban J connectivity index is 2.63. The molecule has 1 fully saturated rings. The lowest BCUT2D eigenvalue weighted by molar-refractivity contribution is -0.183. The van der Waals surface area contributed by atoms with Crippen molar-refractivity contribution in [2.45, 2.75) is 37.8 Å². The molecule has 0 aromatic heterocycles. The maximum atomic E-state index is 10.9. The summed E-state index contributed by atoms with van der Waals surface area (Å²) in [5, 5.41) is 27.4. The Morgan fingerprint density at radius 1 is 1.54 bits per heavy atom. The Bertz CT molecular complexity index is 193. The van der Waals surface area contributed by atoms with Crippen LogP contribution in [0, 0.1) is 0 Å². The van der Waals surface area contributed by atoms with Crippen LogP contribution in [-0.4, -0.2) is 52.1 Å². The summed E-state index contributed by atoms with van der Waals surface area (Å²) in [4.78, 5) is 10.9. The molecule has 0 spiro atoms. The first-order valence-electron chi connectivity index (χ1n) is 4.19. The molecule has 76 valence electrons. The van der Waals surface area contributed by atoms with E-state index in [2.05, 4.69) is 0 Å². The molecule has 0 amide bonds. The fraction of sp³-hybridized carbons (Fsp3) is 0.875. The van der Waals surface area contributed by atoms with Crippen LogP contribution in [0.4, 0.5) is 0 Å². The molecule has 0 aliphatic carbocycles. The molecule has 0 bridgehead atoms. The van der Waals surface area contributed by atoms with Gasteiger partial charge in [-0.3, -0.25) is 4.79 Å². The predicted octanol–water partition coefficient (Wildman–Crippen LogP) is -1.55.